The van der Waals surface area contributed by atoms with Crippen molar-refractivity contribution in [2.75, 3.05) is 19.6 Å². The van der Waals surface area contributed by atoms with Gasteiger partial charge in [-0.25, -0.2) is 0 Å². The molecule has 6 heterocycles. The van der Waals surface area contributed by atoms with Crippen LogP contribution in [0.3, 0.4) is 0 Å². The minimum absolute atomic E-state index is 0.970. The van der Waals surface area contributed by atoms with Gasteiger partial charge >= 0.3 is 0 Å². The van der Waals surface area contributed by atoms with E-state index >= 15 is 0 Å². The van der Waals surface area contributed by atoms with E-state index in [0.29, 0.717) is 0 Å². The van der Waals surface area contributed by atoms with Gasteiger partial charge in [0.1, 0.15) is 0 Å². The molecule has 0 N–H and O–H groups in total. The van der Waals surface area contributed by atoms with E-state index in [1.165, 1.54) is 22.3 Å². The molecule has 6 aromatic rings. The highest BCUT2D eigenvalue weighted by Gasteiger charge is 2.44. The number of aromatic nitrogens is 4. The van der Waals surface area contributed by atoms with Crippen LogP contribution in [-0.4, -0.2) is 19.9 Å². The van der Waals surface area contributed by atoms with Gasteiger partial charge in [0.25, 0.3) is 0 Å². The molecule has 224 valence electrons. The molecule has 0 bridgehead atoms. The normalized spacial score (nSPS) is 13.8. The van der Waals surface area contributed by atoms with Crippen molar-refractivity contribution in [3.63, 3.8) is 0 Å². The second-order valence-corrected chi connectivity index (χ2v) is 11.7. The molecule has 0 saturated heterocycles. The molecule has 2 aromatic carbocycles. The highest BCUT2D eigenvalue weighted by Crippen LogP contribution is 2.57. The quantitative estimate of drug-likeness (QED) is 0.199. The molecule has 0 saturated carbocycles. The number of fused-ring (bicyclic) bond motifs is 2. The molecule has 4 aromatic heterocycles. The van der Waals surface area contributed by atoms with Crippen LogP contribution in [0.5, 0.6) is 0 Å². The molecule has 0 spiro atoms. The van der Waals surface area contributed by atoms with Crippen molar-refractivity contribution in [3.8, 4) is 0 Å². The topological polar surface area (TPSA) is 64.5 Å². The first-order valence-corrected chi connectivity index (χ1v) is 15.3. The van der Waals surface area contributed by atoms with Crippen molar-refractivity contribution in [3.05, 3.63) is 156 Å². The summed E-state index contributed by atoms with van der Waals surface area (Å²) in [5.41, 5.74) is 13.2. The van der Waals surface area contributed by atoms with Crippen LogP contribution in [0, 0.1) is 27.7 Å². The largest absolute Gasteiger partial charge is 0.291 e. The minimum atomic E-state index is 0.970. The molecule has 0 fully saturated rings. The molecule has 8 nitrogen and oxygen atoms in total. The number of hydrogen-bond donors (Lipinski definition) is 0. The second kappa shape index (κ2) is 10.9. The lowest BCUT2D eigenvalue weighted by molar-refractivity contribution is 1.00. The van der Waals surface area contributed by atoms with Crippen LogP contribution in [0.25, 0.3) is 0 Å². The molecular weight excluding hydrogens is 568 g/mol. The van der Waals surface area contributed by atoms with Gasteiger partial charge in [-0.05, 0) is 123 Å². The summed E-state index contributed by atoms with van der Waals surface area (Å²) in [5.74, 6) is 1.94. The van der Waals surface area contributed by atoms with Crippen LogP contribution < -0.4 is 19.6 Å². The van der Waals surface area contributed by atoms with Crippen LogP contribution in [0.2, 0.25) is 0 Å². The van der Waals surface area contributed by atoms with E-state index < -0.39 is 0 Å². The molecule has 2 aliphatic rings. The number of benzene rings is 2. The summed E-state index contributed by atoms with van der Waals surface area (Å²) in [6, 6.07) is 25.7. The van der Waals surface area contributed by atoms with E-state index in [2.05, 4.69) is 140 Å². The maximum Gasteiger partial charge on any atom is 0.166 e. The number of aryl methyl sites for hydroxylation is 4. The van der Waals surface area contributed by atoms with E-state index in [1.807, 2.05) is 49.6 Å². The SMILES string of the molecule is Cc1cc2c(cc1C)N(c1ccncc1)C(=C1N(c3ccncc3)c3cc(C)c(C)cc3N1c1ccncc1)N2c1ccncc1. The van der Waals surface area contributed by atoms with Crippen LogP contribution in [-0.2, 0) is 0 Å². The third-order valence-electron chi connectivity index (χ3n) is 8.88. The summed E-state index contributed by atoms with van der Waals surface area (Å²) in [5, 5.41) is 0. The number of rotatable bonds is 4. The summed E-state index contributed by atoms with van der Waals surface area (Å²) in [4.78, 5) is 26.9. The fourth-order valence-electron chi connectivity index (χ4n) is 6.36. The fourth-order valence-corrected chi connectivity index (χ4v) is 6.36. The van der Waals surface area contributed by atoms with Crippen molar-refractivity contribution in [2.24, 2.45) is 0 Å². The monoisotopic (exact) mass is 600 g/mol. The van der Waals surface area contributed by atoms with Crippen molar-refractivity contribution >= 4 is 45.5 Å². The summed E-state index contributed by atoms with van der Waals surface area (Å²) >= 11 is 0. The maximum atomic E-state index is 4.38. The number of pyridine rings is 4. The molecule has 2 aliphatic heterocycles. The van der Waals surface area contributed by atoms with Crippen LogP contribution >= 0.6 is 0 Å². The third kappa shape index (κ3) is 4.29. The Kier molecular flexibility index (Phi) is 6.49. The van der Waals surface area contributed by atoms with E-state index in [1.54, 1.807) is 0 Å². The Morgan fingerprint density at radius 1 is 0.326 bits per heavy atom. The summed E-state index contributed by atoms with van der Waals surface area (Å²) in [6.45, 7) is 8.69. The lowest BCUT2D eigenvalue weighted by Gasteiger charge is -2.34. The first-order valence-electron chi connectivity index (χ1n) is 15.3. The van der Waals surface area contributed by atoms with Gasteiger partial charge in [0.2, 0.25) is 0 Å². The van der Waals surface area contributed by atoms with E-state index in [0.717, 1.165) is 57.1 Å². The van der Waals surface area contributed by atoms with Gasteiger partial charge in [0.15, 0.2) is 11.6 Å². The van der Waals surface area contributed by atoms with Crippen molar-refractivity contribution < 1.29 is 0 Å². The number of anilines is 8. The Morgan fingerprint density at radius 2 is 0.522 bits per heavy atom. The molecule has 0 unspecified atom stereocenters. The van der Waals surface area contributed by atoms with E-state index in [4.69, 9.17) is 0 Å². The van der Waals surface area contributed by atoms with E-state index in [-0.39, 0.29) is 0 Å². The Balaban J connectivity index is 1.56. The highest BCUT2D eigenvalue weighted by atomic mass is 15.5. The summed E-state index contributed by atoms with van der Waals surface area (Å²) in [6.07, 6.45) is 14.8. The van der Waals surface area contributed by atoms with Gasteiger partial charge in [-0.2, -0.15) is 0 Å². The Morgan fingerprint density at radius 3 is 0.717 bits per heavy atom. The summed E-state index contributed by atoms with van der Waals surface area (Å²) in [7, 11) is 0. The van der Waals surface area contributed by atoms with Gasteiger partial charge in [0, 0.05) is 49.6 Å². The fraction of sp³-hybridized carbons (Fsp3) is 0.105. The molecule has 8 rings (SSSR count). The van der Waals surface area contributed by atoms with Gasteiger partial charge in [-0.1, -0.05) is 0 Å². The van der Waals surface area contributed by atoms with Gasteiger partial charge in [-0.15, -0.1) is 0 Å². The molecule has 46 heavy (non-hydrogen) atoms. The number of nitrogens with zero attached hydrogens (tertiary/aromatic N) is 8. The molecule has 0 atom stereocenters. The highest BCUT2D eigenvalue weighted by molar-refractivity contribution is 6.00. The van der Waals surface area contributed by atoms with Crippen LogP contribution in [0.4, 0.5) is 45.5 Å². The zero-order valence-corrected chi connectivity index (χ0v) is 26.1. The first-order chi connectivity index (χ1) is 22.5. The van der Waals surface area contributed by atoms with Crippen molar-refractivity contribution in [1.29, 1.82) is 0 Å². The second-order valence-electron chi connectivity index (χ2n) is 11.7. The Labute approximate surface area is 268 Å². The maximum absolute atomic E-state index is 4.38. The lowest BCUT2D eigenvalue weighted by Crippen LogP contribution is -2.33. The van der Waals surface area contributed by atoms with Crippen molar-refractivity contribution in [2.45, 2.75) is 27.7 Å². The van der Waals surface area contributed by atoms with Crippen molar-refractivity contribution in [1.82, 2.24) is 19.9 Å². The average Bonchev–Trinajstić information content (AvgIpc) is 3.58. The molecule has 0 aliphatic carbocycles. The predicted octanol–water partition coefficient (Wildman–Crippen LogP) is 8.91. The van der Waals surface area contributed by atoms with Gasteiger partial charge in [0.05, 0.1) is 45.5 Å². The third-order valence-corrected chi connectivity index (χ3v) is 8.88. The zero-order valence-electron chi connectivity index (χ0n) is 26.1. The molecule has 8 heteroatoms. The summed E-state index contributed by atoms with van der Waals surface area (Å²) < 4.78 is 0. The molecular formula is C38H32N8. The Hall–Kier alpha value is -6.02. The Bertz CT molecular complexity index is 1800. The number of hydrogen-bond acceptors (Lipinski definition) is 8. The van der Waals surface area contributed by atoms with Gasteiger partial charge in [-0.3, -0.25) is 39.5 Å². The van der Waals surface area contributed by atoms with Gasteiger partial charge < -0.3 is 0 Å². The predicted molar refractivity (Wildman–Crippen MR) is 184 cm³/mol. The smallest absolute Gasteiger partial charge is 0.166 e. The minimum Gasteiger partial charge on any atom is -0.291 e. The molecule has 0 amide bonds. The van der Waals surface area contributed by atoms with Crippen LogP contribution in [0.1, 0.15) is 22.3 Å². The standard InChI is InChI=1S/C38H32N8/c1-25-21-33-34(22-26(25)2)44(30-7-15-40-16-8-30)37(43(33)29-5-13-39-14-6-29)38-45(31-9-17-41-18-10-31)35-23-27(3)28(4)24-36(35)46(38)32-11-19-42-20-12-32/h5-24H,1-4H3. The van der Waals surface area contributed by atoms with E-state index in [9.17, 15) is 0 Å². The average molecular weight is 601 g/mol. The zero-order chi connectivity index (χ0) is 31.4. The lowest BCUT2D eigenvalue weighted by atomic mass is 10.1. The molecule has 0 radical (unpaired) electrons. The first kappa shape index (κ1) is 27.5. The van der Waals surface area contributed by atoms with Crippen LogP contribution in [0.15, 0.2) is 134 Å².